The van der Waals surface area contributed by atoms with E-state index in [2.05, 4.69) is 26.8 Å². The standard InChI is InChI=1S/C12H13ClN4/c1-2-17(9-10-3-5-14-6-4-10)12-8-15-7-11(13)16-12/h3-8H,2,9H2,1H3. The number of rotatable bonds is 4. The molecule has 0 radical (unpaired) electrons. The summed E-state index contributed by atoms with van der Waals surface area (Å²) in [5.41, 5.74) is 1.18. The van der Waals surface area contributed by atoms with Crippen molar-refractivity contribution in [3.63, 3.8) is 0 Å². The van der Waals surface area contributed by atoms with Crippen LogP contribution in [0.5, 0.6) is 0 Å². The summed E-state index contributed by atoms with van der Waals surface area (Å²) >= 11 is 5.84. The van der Waals surface area contributed by atoms with Crippen LogP contribution in [0, 0.1) is 0 Å². The molecule has 0 aliphatic rings. The van der Waals surface area contributed by atoms with Gasteiger partial charge in [-0.15, -0.1) is 0 Å². The number of aromatic nitrogens is 3. The molecule has 0 spiro atoms. The predicted molar refractivity (Wildman–Crippen MR) is 68.0 cm³/mol. The zero-order valence-corrected chi connectivity index (χ0v) is 10.3. The molecule has 5 heteroatoms. The van der Waals surface area contributed by atoms with Gasteiger partial charge in [-0.05, 0) is 24.6 Å². The van der Waals surface area contributed by atoms with Crippen LogP contribution >= 0.6 is 11.6 Å². The van der Waals surface area contributed by atoms with Gasteiger partial charge in [0.15, 0.2) is 0 Å². The third-order valence-electron chi connectivity index (χ3n) is 2.42. The minimum Gasteiger partial charge on any atom is -0.351 e. The molecule has 0 aliphatic heterocycles. The molecule has 0 aromatic carbocycles. The summed E-state index contributed by atoms with van der Waals surface area (Å²) in [5.74, 6) is 0.789. The molecule has 0 saturated heterocycles. The molecule has 4 nitrogen and oxygen atoms in total. The van der Waals surface area contributed by atoms with Crippen molar-refractivity contribution < 1.29 is 0 Å². The van der Waals surface area contributed by atoms with E-state index in [1.54, 1.807) is 18.6 Å². The lowest BCUT2D eigenvalue weighted by Crippen LogP contribution is -2.23. The maximum atomic E-state index is 5.84. The van der Waals surface area contributed by atoms with Gasteiger partial charge in [0.2, 0.25) is 0 Å². The summed E-state index contributed by atoms with van der Waals surface area (Å²) in [6, 6.07) is 3.97. The summed E-state index contributed by atoms with van der Waals surface area (Å²) in [5, 5.41) is 0.413. The van der Waals surface area contributed by atoms with Crippen molar-refractivity contribution in [1.29, 1.82) is 0 Å². The molecule has 17 heavy (non-hydrogen) atoms. The van der Waals surface area contributed by atoms with Gasteiger partial charge in [-0.2, -0.15) is 0 Å². The topological polar surface area (TPSA) is 41.9 Å². The Labute approximate surface area is 105 Å². The van der Waals surface area contributed by atoms with E-state index < -0.39 is 0 Å². The zero-order valence-electron chi connectivity index (χ0n) is 9.55. The van der Waals surface area contributed by atoms with Crippen molar-refractivity contribution in [2.24, 2.45) is 0 Å². The summed E-state index contributed by atoms with van der Waals surface area (Å²) in [6.45, 7) is 3.69. The summed E-state index contributed by atoms with van der Waals surface area (Å²) in [6.07, 6.45) is 6.82. The number of nitrogens with zero attached hydrogens (tertiary/aromatic N) is 4. The van der Waals surface area contributed by atoms with Crippen LogP contribution in [0.15, 0.2) is 36.9 Å². The Hall–Kier alpha value is -1.68. The molecule has 0 aliphatic carbocycles. The second kappa shape index (κ2) is 5.59. The fourth-order valence-corrected chi connectivity index (χ4v) is 1.69. The lowest BCUT2D eigenvalue weighted by molar-refractivity contribution is 0.808. The second-order valence-electron chi connectivity index (χ2n) is 3.57. The third kappa shape index (κ3) is 3.14. The average Bonchev–Trinajstić information content (AvgIpc) is 2.37. The fraction of sp³-hybridized carbons (Fsp3) is 0.250. The van der Waals surface area contributed by atoms with Gasteiger partial charge in [0.25, 0.3) is 0 Å². The van der Waals surface area contributed by atoms with Crippen LogP contribution < -0.4 is 4.90 Å². The monoisotopic (exact) mass is 248 g/mol. The number of anilines is 1. The second-order valence-corrected chi connectivity index (χ2v) is 3.96. The molecular weight excluding hydrogens is 236 g/mol. The smallest absolute Gasteiger partial charge is 0.149 e. The van der Waals surface area contributed by atoms with Crippen molar-refractivity contribution in [2.75, 3.05) is 11.4 Å². The molecule has 88 valence electrons. The van der Waals surface area contributed by atoms with Crippen molar-refractivity contribution in [2.45, 2.75) is 13.5 Å². The van der Waals surface area contributed by atoms with Crippen LogP contribution in [0.2, 0.25) is 5.15 Å². The van der Waals surface area contributed by atoms with Gasteiger partial charge in [-0.3, -0.25) is 9.97 Å². The summed E-state index contributed by atoms with van der Waals surface area (Å²) in [7, 11) is 0. The van der Waals surface area contributed by atoms with Gasteiger partial charge in [-0.25, -0.2) is 4.98 Å². The highest BCUT2D eigenvalue weighted by Crippen LogP contribution is 2.15. The molecule has 0 bridgehead atoms. The quantitative estimate of drug-likeness (QED) is 0.834. The molecule has 2 heterocycles. The van der Waals surface area contributed by atoms with E-state index in [1.807, 2.05) is 12.1 Å². The Kier molecular flexibility index (Phi) is 3.88. The molecule has 2 aromatic heterocycles. The maximum Gasteiger partial charge on any atom is 0.149 e. The van der Waals surface area contributed by atoms with Crippen LogP contribution in [0.3, 0.4) is 0 Å². The first-order valence-corrected chi connectivity index (χ1v) is 5.79. The number of halogens is 1. The molecule has 0 amide bonds. The normalized spacial score (nSPS) is 10.2. The zero-order chi connectivity index (χ0) is 12.1. The average molecular weight is 249 g/mol. The van der Waals surface area contributed by atoms with Gasteiger partial charge in [0.1, 0.15) is 11.0 Å². The van der Waals surface area contributed by atoms with Crippen molar-refractivity contribution in [3.05, 3.63) is 47.6 Å². The SMILES string of the molecule is CCN(Cc1ccncc1)c1cncc(Cl)n1. The maximum absolute atomic E-state index is 5.84. The van der Waals surface area contributed by atoms with E-state index in [9.17, 15) is 0 Å². The minimum absolute atomic E-state index is 0.413. The lowest BCUT2D eigenvalue weighted by atomic mass is 10.2. The Morgan fingerprint density at radius 2 is 1.94 bits per heavy atom. The third-order valence-corrected chi connectivity index (χ3v) is 2.60. The highest BCUT2D eigenvalue weighted by molar-refractivity contribution is 6.29. The predicted octanol–water partition coefficient (Wildman–Crippen LogP) is 2.55. The van der Waals surface area contributed by atoms with Gasteiger partial charge >= 0.3 is 0 Å². The summed E-state index contributed by atoms with van der Waals surface area (Å²) in [4.78, 5) is 14.4. The van der Waals surface area contributed by atoms with Crippen molar-refractivity contribution in [3.8, 4) is 0 Å². The van der Waals surface area contributed by atoms with Gasteiger partial charge in [-0.1, -0.05) is 11.6 Å². The molecule has 0 atom stereocenters. The van der Waals surface area contributed by atoms with E-state index in [1.165, 1.54) is 11.8 Å². The van der Waals surface area contributed by atoms with E-state index in [0.29, 0.717) is 5.15 Å². The first-order valence-electron chi connectivity index (χ1n) is 5.41. The first kappa shape index (κ1) is 11.8. The largest absolute Gasteiger partial charge is 0.351 e. The van der Waals surface area contributed by atoms with Crippen LogP contribution in [0.4, 0.5) is 5.82 Å². The molecule has 0 N–H and O–H groups in total. The molecule has 2 aromatic rings. The van der Waals surface area contributed by atoms with Crippen molar-refractivity contribution in [1.82, 2.24) is 15.0 Å². The van der Waals surface area contributed by atoms with Crippen LogP contribution in [-0.4, -0.2) is 21.5 Å². The molecule has 0 fully saturated rings. The highest BCUT2D eigenvalue weighted by atomic mass is 35.5. The van der Waals surface area contributed by atoms with Crippen LogP contribution in [0.1, 0.15) is 12.5 Å². The van der Waals surface area contributed by atoms with Crippen LogP contribution in [0.25, 0.3) is 0 Å². The lowest BCUT2D eigenvalue weighted by Gasteiger charge is -2.21. The number of hydrogen-bond acceptors (Lipinski definition) is 4. The number of pyridine rings is 1. The van der Waals surface area contributed by atoms with Crippen LogP contribution in [-0.2, 0) is 6.54 Å². The van der Waals surface area contributed by atoms with Gasteiger partial charge < -0.3 is 4.90 Å². The first-order chi connectivity index (χ1) is 8.29. The Morgan fingerprint density at radius 1 is 1.18 bits per heavy atom. The molecule has 0 unspecified atom stereocenters. The molecule has 2 rings (SSSR count). The van der Waals surface area contributed by atoms with E-state index >= 15 is 0 Å². The number of hydrogen-bond donors (Lipinski definition) is 0. The van der Waals surface area contributed by atoms with Gasteiger partial charge in [0, 0.05) is 25.5 Å². The molecule has 0 saturated carbocycles. The highest BCUT2D eigenvalue weighted by Gasteiger charge is 2.07. The molecular formula is C12H13ClN4. The Bertz CT molecular complexity index is 475. The van der Waals surface area contributed by atoms with E-state index in [-0.39, 0.29) is 0 Å². The van der Waals surface area contributed by atoms with E-state index in [0.717, 1.165) is 18.9 Å². The Morgan fingerprint density at radius 3 is 2.59 bits per heavy atom. The Balaban J connectivity index is 2.17. The minimum atomic E-state index is 0.413. The van der Waals surface area contributed by atoms with Crippen molar-refractivity contribution >= 4 is 17.4 Å². The fourth-order valence-electron chi connectivity index (χ4n) is 1.55. The summed E-state index contributed by atoms with van der Waals surface area (Å²) < 4.78 is 0. The van der Waals surface area contributed by atoms with E-state index in [4.69, 9.17) is 11.6 Å². The van der Waals surface area contributed by atoms with Gasteiger partial charge in [0.05, 0.1) is 12.4 Å².